The molecule has 1 atom stereocenters. The summed E-state index contributed by atoms with van der Waals surface area (Å²) in [4.78, 5) is 1.39. The fourth-order valence-corrected chi connectivity index (χ4v) is 3.41. The van der Waals surface area contributed by atoms with Gasteiger partial charge in [-0.25, -0.2) is 0 Å². The number of rotatable bonds is 3. The lowest BCUT2D eigenvalue weighted by Gasteiger charge is -2.09. The molecule has 1 nitrogen and oxygen atoms in total. The van der Waals surface area contributed by atoms with E-state index in [-0.39, 0.29) is 0 Å². The van der Waals surface area contributed by atoms with Gasteiger partial charge in [0.1, 0.15) is 0 Å². The lowest BCUT2D eigenvalue weighted by molar-refractivity contribution is 0.674. The van der Waals surface area contributed by atoms with Gasteiger partial charge in [0.15, 0.2) is 0 Å². The Morgan fingerprint density at radius 2 is 2.00 bits per heavy atom. The highest BCUT2D eigenvalue weighted by atomic mass is 32.2. The maximum Gasteiger partial charge on any atom is 0.0162 e. The van der Waals surface area contributed by atoms with Crippen LogP contribution in [0, 0.1) is 0 Å². The van der Waals surface area contributed by atoms with Crippen LogP contribution in [0.4, 0.5) is 0 Å². The third kappa shape index (κ3) is 2.64. The molecule has 0 spiro atoms. The lowest BCUT2D eigenvalue weighted by Crippen LogP contribution is -2.23. The number of hydrogen-bond donors (Lipinski definition) is 1. The van der Waals surface area contributed by atoms with E-state index in [1.807, 2.05) is 11.8 Å². The fourth-order valence-electron chi connectivity index (χ4n) is 2.35. The summed E-state index contributed by atoms with van der Waals surface area (Å²) in [5.74, 6) is 1.19. The Balaban J connectivity index is 1.72. The molecule has 0 amide bonds. The van der Waals surface area contributed by atoms with Gasteiger partial charge < -0.3 is 5.32 Å². The largest absolute Gasteiger partial charge is 0.313 e. The number of fused-ring (bicyclic) bond motifs is 1. The molecule has 0 aromatic heterocycles. The van der Waals surface area contributed by atoms with Gasteiger partial charge in [0.05, 0.1) is 0 Å². The molecule has 88 valence electrons. The highest BCUT2D eigenvalue weighted by molar-refractivity contribution is 7.99. The van der Waals surface area contributed by atoms with Crippen LogP contribution in [0.3, 0.4) is 0 Å². The standard InChI is InChI=1S/C15H17NS/c1-2-5-13-10-15(8-7-12(13)4-1)17-11-14-6-3-9-16-14/h1-2,4-5,7-8,10,14,16H,3,6,9,11H2/t14-/m0/s1. The SMILES string of the molecule is c1ccc2cc(SC[C@@H]3CCCN3)ccc2c1. The van der Waals surface area contributed by atoms with E-state index in [0.29, 0.717) is 6.04 Å². The summed E-state index contributed by atoms with van der Waals surface area (Å²) in [6.07, 6.45) is 2.67. The Kier molecular flexibility index (Phi) is 3.34. The first-order valence-corrected chi connectivity index (χ1v) is 7.25. The minimum absolute atomic E-state index is 0.714. The zero-order valence-electron chi connectivity index (χ0n) is 9.86. The van der Waals surface area contributed by atoms with E-state index >= 15 is 0 Å². The van der Waals surface area contributed by atoms with Gasteiger partial charge in [0.25, 0.3) is 0 Å². The van der Waals surface area contributed by atoms with Crippen LogP contribution in [0.1, 0.15) is 12.8 Å². The van der Waals surface area contributed by atoms with Gasteiger partial charge in [-0.3, -0.25) is 0 Å². The summed E-state index contributed by atoms with van der Waals surface area (Å²) in [6, 6.07) is 16.0. The fraction of sp³-hybridized carbons (Fsp3) is 0.333. The maximum atomic E-state index is 3.54. The predicted octanol–water partition coefficient (Wildman–Crippen LogP) is 3.68. The first kappa shape index (κ1) is 11.1. The monoisotopic (exact) mass is 243 g/mol. The van der Waals surface area contributed by atoms with Crippen LogP contribution in [0.5, 0.6) is 0 Å². The first-order valence-electron chi connectivity index (χ1n) is 6.27. The molecular formula is C15H17NS. The average Bonchev–Trinajstić information content (AvgIpc) is 2.89. The predicted molar refractivity (Wildman–Crippen MR) is 75.7 cm³/mol. The van der Waals surface area contributed by atoms with E-state index in [9.17, 15) is 0 Å². The Morgan fingerprint density at radius 1 is 1.12 bits per heavy atom. The number of nitrogens with one attached hydrogen (secondary N) is 1. The van der Waals surface area contributed by atoms with Crippen molar-refractivity contribution >= 4 is 22.5 Å². The molecule has 1 saturated heterocycles. The van der Waals surface area contributed by atoms with E-state index in [4.69, 9.17) is 0 Å². The van der Waals surface area contributed by atoms with E-state index in [2.05, 4.69) is 47.8 Å². The van der Waals surface area contributed by atoms with E-state index in [1.165, 1.54) is 40.8 Å². The molecule has 1 aliphatic heterocycles. The van der Waals surface area contributed by atoms with E-state index in [0.717, 1.165) is 0 Å². The zero-order valence-corrected chi connectivity index (χ0v) is 10.7. The molecule has 1 fully saturated rings. The zero-order chi connectivity index (χ0) is 11.5. The van der Waals surface area contributed by atoms with Crippen molar-refractivity contribution in [3.8, 4) is 0 Å². The average molecular weight is 243 g/mol. The van der Waals surface area contributed by atoms with Crippen molar-refractivity contribution in [1.29, 1.82) is 0 Å². The van der Waals surface area contributed by atoms with Crippen LogP contribution in [-0.4, -0.2) is 18.3 Å². The highest BCUT2D eigenvalue weighted by Crippen LogP contribution is 2.25. The molecule has 0 saturated carbocycles. The molecule has 1 N–H and O–H groups in total. The lowest BCUT2D eigenvalue weighted by atomic mass is 10.1. The van der Waals surface area contributed by atoms with Crippen molar-refractivity contribution in [1.82, 2.24) is 5.32 Å². The van der Waals surface area contributed by atoms with Crippen molar-refractivity contribution in [2.75, 3.05) is 12.3 Å². The normalized spacial score (nSPS) is 19.9. The topological polar surface area (TPSA) is 12.0 Å². The van der Waals surface area contributed by atoms with Crippen molar-refractivity contribution in [2.45, 2.75) is 23.8 Å². The number of hydrogen-bond acceptors (Lipinski definition) is 2. The summed E-state index contributed by atoms with van der Waals surface area (Å²) in [5.41, 5.74) is 0. The second-order valence-corrected chi connectivity index (χ2v) is 5.71. The molecule has 0 bridgehead atoms. The van der Waals surface area contributed by atoms with E-state index in [1.54, 1.807) is 0 Å². The molecule has 0 unspecified atom stereocenters. The first-order chi connectivity index (χ1) is 8.42. The van der Waals surface area contributed by atoms with Crippen LogP contribution in [0.25, 0.3) is 10.8 Å². The van der Waals surface area contributed by atoms with Crippen molar-refractivity contribution in [3.63, 3.8) is 0 Å². The van der Waals surface area contributed by atoms with Gasteiger partial charge in [-0.05, 0) is 42.3 Å². The van der Waals surface area contributed by atoms with E-state index < -0.39 is 0 Å². The van der Waals surface area contributed by atoms with Gasteiger partial charge >= 0.3 is 0 Å². The van der Waals surface area contributed by atoms with Crippen LogP contribution in [0.15, 0.2) is 47.4 Å². The molecule has 1 heterocycles. The Morgan fingerprint density at radius 3 is 2.82 bits per heavy atom. The molecule has 17 heavy (non-hydrogen) atoms. The molecule has 2 heteroatoms. The van der Waals surface area contributed by atoms with Crippen molar-refractivity contribution in [2.24, 2.45) is 0 Å². The molecule has 2 aromatic rings. The number of thioether (sulfide) groups is 1. The summed E-state index contributed by atoms with van der Waals surface area (Å²) >= 11 is 1.97. The summed E-state index contributed by atoms with van der Waals surface area (Å²) in [6.45, 7) is 1.20. The van der Waals surface area contributed by atoms with Crippen LogP contribution in [-0.2, 0) is 0 Å². The van der Waals surface area contributed by atoms with Gasteiger partial charge in [-0.2, -0.15) is 0 Å². The van der Waals surface area contributed by atoms with Gasteiger partial charge in [0, 0.05) is 16.7 Å². The molecule has 0 radical (unpaired) electrons. The van der Waals surface area contributed by atoms with Gasteiger partial charge in [-0.1, -0.05) is 30.3 Å². The maximum absolute atomic E-state index is 3.54. The third-order valence-corrected chi connectivity index (χ3v) is 4.49. The summed E-state index contributed by atoms with van der Waals surface area (Å²) < 4.78 is 0. The third-order valence-electron chi connectivity index (χ3n) is 3.33. The van der Waals surface area contributed by atoms with Crippen LogP contribution < -0.4 is 5.32 Å². The van der Waals surface area contributed by atoms with Crippen molar-refractivity contribution < 1.29 is 0 Å². The minimum Gasteiger partial charge on any atom is -0.313 e. The second kappa shape index (κ2) is 5.11. The summed E-state index contributed by atoms with van der Waals surface area (Å²) in [5, 5.41) is 6.22. The van der Waals surface area contributed by atoms with Crippen molar-refractivity contribution in [3.05, 3.63) is 42.5 Å². The minimum atomic E-state index is 0.714. The Labute approximate surface area is 107 Å². The van der Waals surface area contributed by atoms with Crippen LogP contribution in [0.2, 0.25) is 0 Å². The Hall–Kier alpha value is -0.990. The molecule has 0 aliphatic carbocycles. The molecular weight excluding hydrogens is 226 g/mol. The second-order valence-electron chi connectivity index (χ2n) is 4.61. The number of benzene rings is 2. The smallest absolute Gasteiger partial charge is 0.0162 e. The van der Waals surface area contributed by atoms with Gasteiger partial charge in [0.2, 0.25) is 0 Å². The van der Waals surface area contributed by atoms with Crippen LogP contribution >= 0.6 is 11.8 Å². The quantitative estimate of drug-likeness (QED) is 0.825. The molecule has 2 aromatic carbocycles. The summed E-state index contributed by atoms with van der Waals surface area (Å²) in [7, 11) is 0. The molecule has 1 aliphatic rings. The molecule has 3 rings (SSSR count). The van der Waals surface area contributed by atoms with Gasteiger partial charge in [-0.15, -0.1) is 11.8 Å². The Bertz CT molecular complexity index is 503. The highest BCUT2D eigenvalue weighted by Gasteiger charge is 2.13.